The van der Waals surface area contributed by atoms with Crippen molar-refractivity contribution in [2.45, 2.75) is 51.5 Å². The molecule has 1 saturated heterocycles. The summed E-state index contributed by atoms with van der Waals surface area (Å²) in [6.45, 7) is 3.05. The molecule has 0 saturated carbocycles. The Bertz CT molecular complexity index is 603. The fraction of sp³-hybridized carbons (Fsp3) is 0.667. The summed E-state index contributed by atoms with van der Waals surface area (Å²) < 4.78 is 6.95. The van der Waals surface area contributed by atoms with Crippen molar-refractivity contribution in [2.75, 3.05) is 11.9 Å². The van der Waals surface area contributed by atoms with Crippen LogP contribution in [-0.4, -0.2) is 44.5 Å². The third kappa shape index (κ3) is 3.95. The van der Waals surface area contributed by atoms with Crippen molar-refractivity contribution in [3.8, 4) is 0 Å². The molecule has 2 heterocycles. The van der Waals surface area contributed by atoms with E-state index < -0.39 is 24.1 Å². The molecule has 3 N–H and O–H groups in total. The molecular weight excluding hydrogens is 302 g/mol. The number of unbranched alkanes of at least 4 members (excludes halogenated alkanes) is 1. The second-order valence-corrected chi connectivity index (χ2v) is 5.73. The molecule has 0 bridgehead atoms. The molecule has 128 valence electrons. The van der Waals surface area contributed by atoms with Gasteiger partial charge in [-0.1, -0.05) is 19.8 Å². The van der Waals surface area contributed by atoms with Gasteiger partial charge in [0.15, 0.2) is 0 Å². The van der Waals surface area contributed by atoms with Gasteiger partial charge in [0, 0.05) is 19.0 Å². The van der Waals surface area contributed by atoms with Crippen LogP contribution < -0.4 is 11.0 Å². The van der Waals surface area contributed by atoms with Gasteiger partial charge in [-0.3, -0.25) is 9.36 Å². The van der Waals surface area contributed by atoms with Gasteiger partial charge < -0.3 is 20.3 Å². The second kappa shape index (κ2) is 7.67. The van der Waals surface area contributed by atoms with Gasteiger partial charge in [0.1, 0.15) is 18.1 Å². The van der Waals surface area contributed by atoms with Crippen LogP contribution in [0.4, 0.5) is 5.82 Å². The van der Waals surface area contributed by atoms with E-state index in [0.29, 0.717) is 6.42 Å². The van der Waals surface area contributed by atoms with Crippen molar-refractivity contribution >= 4 is 11.7 Å². The van der Waals surface area contributed by atoms with E-state index in [9.17, 15) is 19.8 Å². The number of ether oxygens (including phenoxy) is 1. The number of nitrogens with one attached hydrogen (secondary N) is 1. The molecule has 0 aliphatic carbocycles. The zero-order chi connectivity index (χ0) is 17.0. The fourth-order valence-corrected chi connectivity index (χ4v) is 2.84. The zero-order valence-corrected chi connectivity index (χ0v) is 13.3. The van der Waals surface area contributed by atoms with Gasteiger partial charge in [0.05, 0.1) is 12.7 Å². The number of hydrogen-bond donors (Lipinski definition) is 3. The first-order chi connectivity index (χ1) is 11.0. The predicted molar refractivity (Wildman–Crippen MR) is 82.8 cm³/mol. The zero-order valence-electron chi connectivity index (χ0n) is 13.3. The van der Waals surface area contributed by atoms with E-state index in [0.717, 1.165) is 12.8 Å². The van der Waals surface area contributed by atoms with Crippen molar-refractivity contribution in [1.29, 1.82) is 0 Å². The summed E-state index contributed by atoms with van der Waals surface area (Å²) in [4.78, 5) is 27.0. The van der Waals surface area contributed by atoms with Crippen molar-refractivity contribution in [3.05, 3.63) is 22.7 Å². The number of aliphatic hydroxyl groups is 2. The number of hydrogen-bond acceptors (Lipinski definition) is 6. The highest BCUT2D eigenvalue weighted by Gasteiger charge is 2.44. The highest BCUT2D eigenvalue weighted by molar-refractivity contribution is 5.87. The van der Waals surface area contributed by atoms with Crippen LogP contribution >= 0.6 is 0 Å². The molecule has 0 spiro atoms. The lowest BCUT2D eigenvalue weighted by molar-refractivity contribution is -0.114. The number of carbonyl (C=O) groups excluding carboxylic acids is 1. The van der Waals surface area contributed by atoms with Crippen LogP contribution in [0.3, 0.4) is 0 Å². The van der Waals surface area contributed by atoms with Gasteiger partial charge in [-0.05, 0) is 12.5 Å². The number of amides is 1. The van der Waals surface area contributed by atoms with E-state index >= 15 is 0 Å². The quantitative estimate of drug-likeness (QED) is 0.691. The van der Waals surface area contributed by atoms with E-state index in [4.69, 9.17) is 4.74 Å². The van der Waals surface area contributed by atoms with Gasteiger partial charge in [-0.15, -0.1) is 0 Å². The van der Waals surface area contributed by atoms with E-state index in [1.165, 1.54) is 23.8 Å². The predicted octanol–water partition coefficient (Wildman–Crippen LogP) is 0.259. The number of carbonyl (C=O) groups is 1. The van der Waals surface area contributed by atoms with Crippen LogP contribution in [0.1, 0.15) is 39.3 Å². The SMILES string of the molecule is CCCC[C@@H]1[C@H](O)[C@@H](CO)O[C@H]1n1ccc(NC(C)=O)nc1=O. The summed E-state index contributed by atoms with van der Waals surface area (Å²) in [5.74, 6) is -0.442. The molecule has 1 aromatic heterocycles. The minimum absolute atomic E-state index is 0.168. The molecule has 1 amide bonds. The maximum absolute atomic E-state index is 12.2. The molecular formula is C15H23N3O5. The van der Waals surface area contributed by atoms with Gasteiger partial charge in [-0.25, -0.2) is 4.79 Å². The van der Waals surface area contributed by atoms with E-state index in [1.54, 1.807) is 0 Å². The molecule has 0 unspecified atom stereocenters. The average molecular weight is 325 g/mol. The van der Waals surface area contributed by atoms with Crippen molar-refractivity contribution in [2.24, 2.45) is 5.92 Å². The van der Waals surface area contributed by atoms with Crippen molar-refractivity contribution in [3.63, 3.8) is 0 Å². The second-order valence-electron chi connectivity index (χ2n) is 5.73. The normalized spacial score (nSPS) is 27.1. The Labute approximate surface area is 134 Å². The Kier molecular flexibility index (Phi) is 5.86. The summed E-state index contributed by atoms with van der Waals surface area (Å²) >= 11 is 0. The number of nitrogens with zero attached hydrogens (tertiary/aromatic N) is 2. The fourth-order valence-electron chi connectivity index (χ4n) is 2.84. The first kappa shape index (κ1) is 17.6. The first-order valence-electron chi connectivity index (χ1n) is 7.79. The Morgan fingerprint density at radius 3 is 2.83 bits per heavy atom. The van der Waals surface area contributed by atoms with E-state index in [1.807, 2.05) is 6.92 Å². The molecule has 2 rings (SSSR count). The van der Waals surface area contributed by atoms with Gasteiger partial charge in [-0.2, -0.15) is 4.98 Å². The lowest BCUT2D eigenvalue weighted by Gasteiger charge is -2.21. The Balaban J connectivity index is 2.27. The summed E-state index contributed by atoms with van der Waals surface area (Å²) in [6, 6.07) is 1.50. The summed E-state index contributed by atoms with van der Waals surface area (Å²) in [7, 11) is 0. The smallest absolute Gasteiger partial charge is 0.351 e. The minimum Gasteiger partial charge on any atom is -0.394 e. The molecule has 0 radical (unpaired) electrons. The maximum atomic E-state index is 12.2. The number of aromatic nitrogens is 2. The lowest BCUT2D eigenvalue weighted by Crippen LogP contribution is -2.32. The van der Waals surface area contributed by atoms with Crippen LogP contribution in [0, 0.1) is 5.92 Å². The standard InChI is InChI=1S/C15H23N3O5/c1-3-4-5-10-13(21)11(8-19)23-14(10)18-7-6-12(16-9(2)20)17-15(18)22/h6-7,10-11,13-14,19,21H,3-5,8H2,1-2H3,(H,16,17,20,22)/t10-,11-,13+,14-/m1/s1. The summed E-state index contributed by atoms with van der Waals surface area (Å²) in [6.07, 6.45) is 1.76. The topological polar surface area (TPSA) is 114 Å². The Morgan fingerprint density at radius 2 is 2.26 bits per heavy atom. The molecule has 0 aromatic carbocycles. The van der Waals surface area contributed by atoms with Gasteiger partial charge in [0.2, 0.25) is 5.91 Å². The Hall–Kier alpha value is -1.77. The van der Waals surface area contributed by atoms with E-state index in [-0.39, 0.29) is 24.2 Å². The van der Waals surface area contributed by atoms with Crippen molar-refractivity contribution < 1.29 is 19.7 Å². The molecule has 4 atom stereocenters. The summed E-state index contributed by atoms with van der Waals surface area (Å²) in [5.41, 5.74) is -0.575. The molecule has 1 fully saturated rings. The van der Waals surface area contributed by atoms with E-state index in [2.05, 4.69) is 10.3 Å². The van der Waals surface area contributed by atoms with Crippen LogP contribution in [0.25, 0.3) is 0 Å². The molecule has 8 nitrogen and oxygen atoms in total. The third-order valence-electron chi connectivity index (χ3n) is 3.98. The number of rotatable bonds is 6. The Morgan fingerprint density at radius 1 is 1.52 bits per heavy atom. The lowest BCUT2D eigenvalue weighted by atomic mass is 9.94. The van der Waals surface area contributed by atoms with Gasteiger partial charge in [0.25, 0.3) is 0 Å². The molecule has 1 aliphatic rings. The van der Waals surface area contributed by atoms with Crippen LogP contribution in [0.2, 0.25) is 0 Å². The molecule has 8 heteroatoms. The van der Waals surface area contributed by atoms with Crippen LogP contribution in [0.15, 0.2) is 17.1 Å². The van der Waals surface area contributed by atoms with Crippen LogP contribution in [-0.2, 0) is 9.53 Å². The molecule has 1 aliphatic heterocycles. The largest absolute Gasteiger partial charge is 0.394 e. The monoisotopic (exact) mass is 325 g/mol. The maximum Gasteiger partial charge on any atom is 0.351 e. The average Bonchev–Trinajstić information content (AvgIpc) is 2.81. The van der Waals surface area contributed by atoms with Gasteiger partial charge >= 0.3 is 5.69 Å². The molecule has 1 aromatic rings. The molecule has 23 heavy (non-hydrogen) atoms. The summed E-state index contributed by atoms with van der Waals surface area (Å²) in [5, 5.41) is 22.1. The third-order valence-corrected chi connectivity index (χ3v) is 3.98. The number of aliphatic hydroxyl groups excluding tert-OH is 2. The first-order valence-corrected chi connectivity index (χ1v) is 7.79. The highest BCUT2D eigenvalue weighted by atomic mass is 16.5. The number of anilines is 1. The van der Waals surface area contributed by atoms with Crippen molar-refractivity contribution in [1.82, 2.24) is 9.55 Å². The minimum atomic E-state index is -0.835. The van der Waals surface area contributed by atoms with Crippen LogP contribution in [0.5, 0.6) is 0 Å². The highest BCUT2D eigenvalue weighted by Crippen LogP contribution is 2.37.